The summed E-state index contributed by atoms with van der Waals surface area (Å²) in [5, 5.41) is 2.46. The Labute approximate surface area is 148 Å². The Bertz CT molecular complexity index is 580. The Morgan fingerprint density at radius 2 is 1.68 bits per heavy atom. The predicted molar refractivity (Wildman–Crippen MR) is 93.4 cm³/mol. The zero-order valence-corrected chi connectivity index (χ0v) is 15.2. The molecule has 0 aliphatic heterocycles. The highest BCUT2D eigenvalue weighted by molar-refractivity contribution is 5.96. The van der Waals surface area contributed by atoms with E-state index in [4.69, 9.17) is 9.47 Å². The summed E-state index contributed by atoms with van der Waals surface area (Å²) in [5.74, 6) is -0.650. The molecule has 0 saturated heterocycles. The smallest absolute Gasteiger partial charge is 0.325 e. The Kier molecular flexibility index (Phi) is 8.46. The van der Waals surface area contributed by atoms with E-state index in [0.717, 1.165) is 0 Å². The van der Waals surface area contributed by atoms with Crippen molar-refractivity contribution >= 4 is 17.8 Å². The van der Waals surface area contributed by atoms with Gasteiger partial charge in [0.15, 0.2) is 6.61 Å². The minimum Gasteiger partial charge on any atom is -0.491 e. The Balaban J connectivity index is 2.40. The van der Waals surface area contributed by atoms with Crippen molar-refractivity contribution in [2.24, 2.45) is 0 Å². The standard InChI is InChI=1S/C18H26N2O5/c1-5-20(6-2)16(21)12-24-17(22)11-19-18(23)14-7-9-15(10-8-14)25-13(3)4/h7-10,13H,5-6,11-12H2,1-4H3,(H,19,23). The minimum absolute atomic E-state index is 0.0495. The summed E-state index contributed by atoms with van der Waals surface area (Å²) >= 11 is 0. The van der Waals surface area contributed by atoms with Crippen molar-refractivity contribution in [3.05, 3.63) is 29.8 Å². The largest absolute Gasteiger partial charge is 0.491 e. The van der Waals surface area contributed by atoms with Crippen molar-refractivity contribution in [3.63, 3.8) is 0 Å². The van der Waals surface area contributed by atoms with Gasteiger partial charge in [-0.05, 0) is 52.0 Å². The van der Waals surface area contributed by atoms with Crippen molar-refractivity contribution in [2.45, 2.75) is 33.8 Å². The number of hydrogen-bond donors (Lipinski definition) is 1. The van der Waals surface area contributed by atoms with Crippen LogP contribution in [0.1, 0.15) is 38.1 Å². The first-order chi connectivity index (χ1) is 11.9. The fraction of sp³-hybridized carbons (Fsp3) is 0.500. The molecule has 1 aromatic carbocycles. The third kappa shape index (κ3) is 7.24. The average molecular weight is 350 g/mol. The highest BCUT2D eigenvalue weighted by Crippen LogP contribution is 2.13. The van der Waals surface area contributed by atoms with Gasteiger partial charge in [-0.15, -0.1) is 0 Å². The molecule has 138 valence electrons. The molecule has 0 heterocycles. The first-order valence-electron chi connectivity index (χ1n) is 8.35. The molecule has 0 unspecified atom stereocenters. The minimum atomic E-state index is -0.659. The molecule has 1 aromatic rings. The zero-order chi connectivity index (χ0) is 18.8. The van der Waals surface area contributed by atoms with Gasteiger partial charge in [-0.3, -0.25) is 14.4 Å². The van der Waals surface area contributed by atoms with Crippen LogP contribution in [-0.2, 0) is 14.3 Å². The van der Waals surface area contributed by atoms with E-state index in [1.54, 1.807) is 29.2 Å². The number of benzene rings is 1. The molecule has 2 amide bonds. The summed E-state index contributed by atoms with van der Waals surface area (Å²) in [4.78, 5) is 36.9. The van der Waals surface area contributed by atoms with E-state index in [2.05, 4.69) is 5.32 Å². The average Bonchev–Trinajstić information content (AvgIpc) is 2.59. The summed E-state index contributed by atoms with van der Waals surface area (Å²) in [6.07, 6.45) is 0.0495. The molecular weight excluding hydrogens is 324 g/mol. The summed E-state index contributed by atoms with van der Waals surface area (Å²) in [7, 11) is 0. The van der Waals surface area contributed by atoms with Crippen molar-refractivity contribution in [2.75, 3.05) is 26.2 Å². The molecule has 1 rings (SSSR count). The SMILES string of the molecule is CCN(CC)C(=O)COC(=O)CNC(=O)c1ccc(OC(C)C)cc1. The lowest BCUT2D eigenvalue weighted by Gasteiger charge is -2.18. The highest BCUT2D eigenvalue weighted by atomic mass is 16.5. The Morgan fingerprint density at radius 3 is 2.20 bits per heavy atom. The van der Waals surface area contributed by atoms with Crippen molar-refractivity contribution in [3.8, 4) is 5.75 Å². The van der Waals surface area contributed by atoms with Gasteiger partial charge in [-0.2, -0.15) is 0 Å². The number of carbonyl (C=O) groups excluding carboxylic acids is 3. The number of amides is 2. The molecule has 0 fully saturated rings. The van der Waals surface area contributed by atoms with Crippen molar-refractivity contribution in [1.82, 2.24) is 10.2 Å². The summed E-state index contributed by atoms with van der Waals surface area (Å²) < 4.78 is 10.4. The van der Waals surface area contributed by atoms with E-state index in [9.17, 15) is 14.4 Å². The van der Waals surface area contributed by atoms with Crippen LogP contribution in [-0.4, -0.2) is 55.0 Å². The number of esters is 1. The summed E-state index contributed by atoms with van der Waals surface area (Å²) in [6.45, 7) is 8.02. The van der Waals surface area contributed by atoms with Crippen LogP contribution in [0.5, 0.6) is 5.75 Å². The van der Waals surface area contributed by atoms with E-state index >= 15 is 0 Å². The van der Waals surface area contributed by atoms with E-state index < -0.39 is 11.9 Å². The van der Waals surface area contributed by atoms with Crippen LogP contribution in [0.25, 0.3) is 0 Å². The van der Waals surface area contributed by atoms with Gasteiger partial charge >= 0.3 is 5.97 Å². The fourth-order valence-corrected chi connectivity index (χ4v) is 2.07. The molecule has 0 spiro atoms. The number of nitrogens with one attached hydrogen (secondary N) is 1. The molecule has 0 aromatic heterocycles. The third-order valence-electron chi connectivity index (χ3n) is 3.35. The maximum absolute atomic E-state index is 12.0. The van der Waals surface area contributed by atoms with Crippen molar-refractivity contribution in [1.29, 1.82) is 0 Å². The van der Waals surface area contributed by atoms with Gasteiger partial charge in [-0.1, -0.05) is 0 Å². The lowest BCUT2D eigenvalue weighted by atomic mass is 10.2. The maximum Gasteiger partial charge on any atom is 0.325 e. The molecule has 7 nitrogen and oxygen atoms in total. The van der Waals surface area contributed by atoms with Crippen LogP contribution in [0.3, 0.4) is 0 Å². The second-order valence-corrected chi connectivity index (χ2v) is 5.60. The summed E-state index contributed by atoms with van der Waals surface area (Å²) in [5.41, 5.74) is 0.406. The highest BCUT2D eigenvalue weighted by Gasteiger charge is 2.14. The van der Waals surface area contributed by atoms with Gasteiger partial charge in [-0.25, -0.2) is 0 Å². The third-order valence-corrected chi connectivity index (χ3v) is 3.35. The number of nitrogens with zero attached hydrogens (tertiary/aromatic N) is 1. The maximum atomic E-state index is 12.0. The number of rotatable bonds is 9. The second kappa shape index (κ2) is 10.3. The monoisotopic (exact) mass is 350 g/mol. The predicted octanol–water partition coefficient (Wildman–Crippen LogP) is 1.62. The topological polar surface area (TPSA) is 84.9 Å². The Morgan fingerprint density at radius 1 is 1.08 bits per heavy atom. The quantitative estimate of drug-likeness (QED) is 0.684. The molecular formula is C18H26N2O5. The van der Waals surface area contributed by atoms with Crippen LogP contribution in [0.2, 0.25) is 0 Å². The van der Waals surface area contributed by atoms with Gasteiger partial charge < -0.3 is 19.7 Å². The first-order valence-corrected chi connectivity index (χ1v) is 8.35. The number of hydrogen-bond acceptors (Lipinski definition) is 5. The van der Waals surface area contributed by atoms with Crippen LogP contribution in [0, 0.1) is 0 Å². The van der Waals surface area contributed by atoms with E-state index in [1.165, 1.54) is 0 Å². The molecule has 0 aliphatic carbocycles. The molecule has 7 heteroatoms. The first kappa shape index (κ1) is 20.5. The molecule has 0 bridgehead atoms. The van der Waals surface area contributed by atoms with E-state index in [1.807, 2.05) is 27.7 Å². The zero-order valence-electron chi connectivity index (χ0n) is 15.2. The van der Waals surface area contributed by atoms with Gasteiger partial charge in [0.05, 0.1) is 6.10 Å². The van der Waals surface area contributed by atoms with Gasteiger partial charge in [0.25, 0.3) is 11.8 Å². The summed E-state index contributed by atoms with van der Waals surface area (Å²) in [6, 6.07) is 6.61. The van der Waals surface area contributed by atoms with Crippen LogP contribution in [0.4, 0.5) is 0 Å². The lowest BCUT2D eigenvalue weighted by molar-refractivity contribution is -0.151. The van der Waals surface area contributed by atoms with Gasteiger partial charge in [0, 0.05) is 18.7 Å². The van der Waals surface area contributed by atoms with E-state index in [-0.39, 0.29) is 25.2 Å². The molecule has 1 N–H and O–H groups in total. The lowest BCUT2D eigenvalue weighted by Crippen LogP contribution is -2.36. The van der Waals surface area contributed by atoms with Gasteiger partial charge in [0.1, 0.15) is 12.3 Å². The molecule has 0 atom stereocenters. The van der Waals surface area contributed by atoms with Crippen LogP contribution in [0.15, 0.2) is 24.3 Å². The van der Waals surface area contributed by atoms with Crippen LogP contribution >= 0.6 is 0 Å². The number of ether oxygens (including phenoxy) is 2. The Hall–Kier alpha value is -2.57. The van der Waals surface area contributed by atoms with Crippen molar-refractivity contribution < 1.29 is 23.9 Å². The fourth-order valence-electron chi connectivity index (χ4n) is 2.07. The number of carbonyl (C=O) groups is 3. The molecule has 0 aliphatic rings. The second-order valence-electron chi connectivity index (χ2n) is 5.60. The molecule has 0 saturated carbocycles. The number of likely N-dealkylation sites (N-methyl/N-ethyl adjacent to an activating group) is 1. The van der Waals surface area contributed by atoms with Gasteiger partial charge in [0.2, 0.25) is 0 Å². The van der Waals surface area contributed by atoms with Crippen LogP contribution < -0.4 is 10.1 Å². The van der Waals surface area contributed by atoms with E-state index in [0.29, 0.717) is 24.4 Å². The molecule has 0 radical (unpaired) electrons. The normalized spacial score (nSPS) is 10.3. The molecule has 25 heavy (non-hydrogen) atoms.